The van der Waals surface area contributed by atoms with Crippen LogP contribution < -0.4 is 10.2 Å². The standard InChI is InChI=1S/C15H27N3/c1-6-8-18(7-2)15-13(5)9-14(11-17-15)10-16-12(3)4/h9,11-12,16H,6-8,10H2,1-5H3. The predicted octanol–water partition coefficient (Wildman–Crippen LogP) is 3.12. The number of rotatable bonds is 7. The van der Waals surface area contributed by atoms with Crippen molar-refractivity contribution in [1.82, 2.24) is 10.3 Å². The molecule has 18 heavy (non-hydrogen) atoms. The van der Waals surface area contributed by atoms with E-state index in [-0.39, 0.29) is 0 Å². The van der Waals surface area contributed by atoms with Crippen molar-refractivity contribution in [2.45, 2.75) is 53.6 Å². The lowest BCUT2D eigenvalue weighted by Crippen LogP contribution is -2.26. The molecule has 3 heteroatoms. The summed E-state index contributed by atoms with van der Waals surface area (Å²) in [5.74, 6) is 1.13. The molecule has 0 radical (unpaired) electrons. The molecule has 0 saturated carbocycles. The van der Waals surface area contributed by atoms with Crippen LogP contribution in [0, 0.1) is 6.92 Å². The SMILES string of the molecule is CCCN(CC)c1ncc(CNC(C)C)cc1C. The first-order valence-electron chi connectivity index (χ1n) is 7.02. The van der Waals surface area contributed by atoms with Crippen molar-refractivity contribution in [3.8, 4) is 0 Å². The molecule has 102 valence electrons. The Bertz CT molecular complexity index is 361. The van der Waals surface area contributed by atoms with Gasteiger partial charge in [-0.05, 0) is 37.5 Å². The molecule has 0 aliphatic rings. The third-order valence-electron chi connectivity index (χ3n) is 3.00. The van der Waals surface area contributed by atoms with Crippen molar-refractivity contribution in [1.29, 1.82) is 0 Å². The number of hydrogen-bond donors (Lipinski definition) is 1. The Kier molecular flexibility index (Phi) is 6.13. The summed E-state index contributed by atoms with van der Waals surface area (Å²) in [6, 6.07) is 2.76. The second-order valence-corrected chi connectivity index (χ2v) is 5.10. The molecule has 1 aromatic rings. The van der Waals surface area contributed by atoms with Gasteiger partial charge in [0.1, 0.15) is 5.82 Å². The van der Waals surface area contributed by atoms with E-state index in [0.717, 1.165) is 31.9 Å². The van der Waals surface area contributed by atoms with Crippen LogP contribution in [0.2, 0.25) is 0 Å². The number of aromatic nitrogens is 1. The van der Waals surface area contributed by atoms with Gasteiger partial charge in [0.2, 0.25) is 0 Å². The van der Waals surface area contributed by atoms with E-state index in [2.05, 4.69) is 55.9 Å². The summed E-state index contributed by atoms with van der Waals surface area (Å²) in [5, 5.41) is 3.42. The van der Waals surface area contributed by atoms with E-state index in [1.165, 1.54) is 11.1 Å². The topological polar surface area (TPSA) is 28.2 Å². The second kappa shape index (κ2) is 7.37. The summed E-state index contributed by atoms with van der Waals surface area (Å²) < 4.78 is 0. The quantitative estimate of drug-likeness (QED) is 0.804. The fourth-order valence-electron chi connectivity index (χ4n) is 2.06. The molecule has 0 fully saturated rings. The van der Waals surface area contributed by atoms with Gasteiger partial charge < -0.3 is 10.2 Å². The van der Waals surface area contributed by atoms with Gasteiger partial charge >= 0.3 is 0 Å². The van der Waals surface area contributed by atoms with E-state index < -0.39 is 0 Å². The van der Waals surface area contributed by atoms with Gasteiger partial charge in [0, 0.05) is 31.9 Å². The number of nitrogens with one attached hydrogen (secondary N) is 1. The molecule has 0 unspecified atom stereocenters. The van der Waals surface area contributed by atoms with E-state index in [4.69, 9.17) is 0 Å². The summed E-state index contributed by atoms with van der Waals surface area (Å²) in [7, 11) is 0. The third-order valence-corrected chi connectivity index (χ3v) is 3.00. The Morgan fingerprint density at radius 3 is 2.56 bits per heavy atom. The molecule has 1 heterocycles. The van der Waals surface area contributed by atoms with Gasteiger partial charge in [-0.15, -0.1) is 0 Å². The molecular formula is C15H27N3. The minimum absolute atomic E-state index is 0.511. The average Bonchev–Trinajstić information content (AvgIpc) is 2.34. The maximum Gasteiger partial charge on any atom is 0.131 e. The van der Waals surface area contributed by atoms with E-state index >= 15 is 0 Å². The predicted molar refractivity (Wildman–Crippen MR) is 79.1 cm³/mol. The normalized spacial score (nSPS) is 11.0. The molecule has 0 atom stereocenters. The molecule has 0 aliphatic carbocycles. The highest BCUT2D eigenvalue weighted by molar-refractivity contribution is 5.47. The summed E-state index contributed by atoms with van der Waals surface area (Å²) in [6.45, 7) is 13.9. The molecule has 0 aromatic carbocycles. The molecule has 0 bridgehead atoms. The minimum Gasteiger partial charge on any atom is -0.357 e. The first-order chi connectivity index (χ1) is 8.58. The zero-order chi connectivity index (χ0) is 13.5. The maximum absolute atomic E-state index is 4.63. The highest BCUT2D eigenvalue weighted by Crippen LogP contribution is 2.18. The fraction of sp³-hybridized carbons (Fsp3) is 0.667. The van der Waals surface area contributed by atoms with Crippen LogP contribution in [-0.2, 0) is 6.54 Å². The number of nitrogens with zero attached hydrogens (tertiary/aromatic N) is 2. The first kappa shape index (κ1) is 15.0. The van der Waals surface area contributed by atoms with Gasteiger partial charge in [0.25, 0.3) is 0 Å². The van der Waals surface area contributed by atoms with Crippen LogP contribution in [0.3, 0.4) is 0 Å². The van der Waals surface area contributed by atoms with E-state index in [1.807, 2.05) is 6.20 Å². The second-order valence-electron chi connectivity index (χ2n) is 5.10. The van der Waals surface area contributed by atoms with Gasteiger partial charge in [-0.3, -0.25) is 0 Å². The lowest BCUT2D eigenvalue weighted by Gasteiger charge is -2.23. The maximum atomic E-state index is 4.63. The van der Waals surface area contributed by atoms with E-state index in [1.54, 1.807) is 0 Å². The number of hydrogen-bond acceptors (Lipinski definition) is 3. The molecule has 0 aliphatic heterocycles. The van der Waals surface area contributed by atoms with Crippen LogP contribution >= 0.6 is 0 Å². The first-order valence-corrected chi connectivity index (χ1v) is 7.02. The van der Waals surface area contributed by atoms with Crippen LogP contribution in [0.5, 0.6) is 0 Å². The third kappa shape index (κ3) is 4.30. The number of aryl methyl sites for hydroxylation is 1. The molecule has 0 amide bonds. The van der Waals surface area contributed by atoms with Crippen LogP contribution in [-0.4, -0.2) is 24.1 Å². The van der Waals surface area contributed by atoms with Crippen molar-refractivity contribution < 1.29 is 0 Å². The van der Waals surface area contributed by atoms with Crippen molar-refractivity contribution >= 4 is 5.82 Å². The van der Waals surface area contributed by atoms with Crippen LogP contribution in [0.1, 0.15) is 45.2 Å². The minimum atomic E-state index is 0.511. The van der Waals surface area contributed by atoms with Crippen molar-refractivity contribution in [2.75, 3.05) is 18.0 Å². The van der Waals surface area contributed by atoms with Crippen molar-refractivity contribution in [3.63, 3.8) is 0 Å². The largest absolute Gasteiger partial charge is 0.357 e. The van der Waals surface area contributed by atoms with Gasteiger partial charge in [-0.1, -0.05) is 20.8 Å². The zero-order valence-corrected chi connectivity index (χ0v) is 12.5. The highest BCUT2D eigenvalue weighted by atomic mass is 15.2. The molecule has 1 N–H and O–H groups in total. The number of anilines is 1. The highest BCUT2D eigenvalue weighted by Gasteiger charge is 2.08. The smallest absolute Gasteiger partial charge is 0.131 e. The lowest BCUT2D eigenvalue weighted by molar-refractivity contribution is 0.587. The van der Waals surface area contributed by atoms with Gasteiger partial charge in [0.15, 0.2) is 0 Å². The molecule has 1 aromatic heterocycles. The molecule has 3 nitrogen and oxygen atoms in total. The van der Waals surface area contributed by atoms with Crippen LogP contribution in [0.15, 0.2) is 12.3 Å². The van der Waals surface area contributed by atoms with Crippen molar-refractivity contribution in [2.24, 2.45) is 0 Å². The van der Waals surface area contributed by atoms with Crippen LogP contribution in [0.25, 0.3) is 0 Å². The Morgan fingerprint density at radius 1 is 1.33 bits per heavy atom. The van der Waals surface area contributed by atoms with Gasteiger partial charge in [0.05, 0.1) is 0 Å². The Labute approximate surface area is 112 Å². The monoisotopic (exact) mass is 249 g/mol. The summed E-state index contributed by atoms with van der Waals surface area (Å²) in [5.41, 5.74) is 2.53. The summed E-state index contributed by atoms with van der Waals surface area (Å²) in [4.78, 5) is 6.97. The fourth-order valence-corrected chi connectivity index (χ4v) is 2.06. The molecular weight excluding hydrogens is 222 g/mol. The zero-order valence-electron chi connectivity index (χ0n) is 12.5. The van der Waals surface area contributed by atoms with Gasteiger partial charge in [-0.2, -0.15) is 0 Å². The summed E-state index contributed by atoms with van der Waals surface area (Å²) in [6.07, 6.45) is 3.15. The Hall–Kier alpha value is -1.09. The summed E-state index contributed by atoms with van der Waals surface area (Å²) >= 11 is 0. The molecule has 0 saturated heterocycles. The number of pyridine rings is 1. The van der Waals surface area contributed by atoms with Crippen molar-refractivity contribution in [3.05, 3.63) is 23.4 Å². The van der Waals surface area contributed by atoms with E-state index in [9.17, 15) is 0 Å². The molecule has 0 spiro atoms. The average molecular weight is 249 g/mol. The van der Waals surface area contributed by atoms with Gasteiger partial charge in [-0.25, -0.2) is 4.98 Å². The molecule has 1 rings (SSSR count). The lowest BCUT2D eigenvalue weighted by atomic mass is 10.2. The Balaban J connectivity index is 2.78. The van der Waals surface area contributed by atoms with Crippen LogP contribution in [0.4, 0.5) is 5.82 Å². The Morgan fingerprint density at radius 2 is 2.06 bits per heavy atom. The van der Waals surface area contributed by atoms with E-state index in [0.29, 0.717) is 6.04 Å².